The molecule has 6 nitrogen and oxygen atoms in total. The lowest BCUT2D eigenvalue weighted by Gasteiger charge is -2.25. The molecule has 0 bridgehead atoms. The topological polar surface area (TPSA) is 77.9 Å². The molecular weight excluding hydrogens is 280 g/mol. The van der Waals surface area contributed by atoms with E-state index in [1.54, 1.807) is 0 Å². The maximum absolute atomic E-state index is 12.0. The highest BCUT2D eigenvalue weighted by atomic mass is 35.5. The SMILES string of the molecule is CN(C)S(=O)(=O)N(CC(=O)O)c1ccc(Cl)cc1. The van der Waals surface area contributed by atoms with Crippen LogP contribution in [0.2, 0.25) is 5.02 Å². The molecule has 0 spiro atoms. The van der Waals surface area contributed by atoms with Crippen LogP contribution >= 0.6 is 11.6 Å². The van der Waals surface area contributed by atoms with Gasteiger partial charge < -0.3 is 5.11 Å². The maximum Gasteiger partial charge on any atom is 0.324 e. The van der Waals surface area contributed by atoms with Crippen molar-refractivity contribution in [3.63, 3.8) is 0 Å². The molecule has 0 aromatic heterocycles. The number of carboxylic acids is 1. The Kier molecular flexibility index (Phi) is 4.55. The molecule has 18 heavy (non-hydrogen) atoms. The Hall–Kier alpha value is -1.31. The second-order valence-corrected chi connectivity index (χ2v) is 6.17. The molecule has 0 radical (unpaired) electrons. The van der Waals surface area contributed by atoms with Crippen LogP contribution in [0.15, 0.2) is 24.3 Å². The van der Waals surface area contributed by atoms with E-state index in [1.807, 2.05) is 0 Å². The number of benzene rings is 1. The van der Waals surface area contributed by atoms with Gasteiger partial charge in [0.15, 0.2) is 0 Å². The Balaban J connectivity index is 3.22. The molecule has 0 unspecified atom stereocenters. The number of nitrogens with zero attached hydrogens (tertiary/aromatic N) is 2. The molecule has 0 fully saturated rings. The molecule has 0 heterocycles. The van der Waals surface area contributed by atoms with Crippen LogP contribution in [0.25, 0.3) is 0 Å². The normalized spacial score (nSPS) is 11.6. The summed E-state index contributed by atoms with van der Waals surface area (Å²) < 4.78 is 25.8. The number of carbonyl (C=O) groups is 1. The van der Waals surface area contributed by atoms with Gasteiger partial charge in [0.25, 0.3) is 0 Å². The highest BCUT2D eigenvalue weighted by Gasteiger charge is 2.26. The second-order valence-electron chi connectivity index (χ2n) is 3.67. The molecule has 100 valence electrons. The fourth-order valence-corrected chi connectivity index (χ4v) is 2.42. The summed E-state index contributed by atoms with van der Waals surface area (Å²) in [5, 5.41) is 9.24. The number of carboxylic acid groups (broad SMARTS) is 1. The van der Waals surface area contributed by atoms with Crippen LogP contribution in [0.1, 0.15) is 0 Å². The third-order valence-corrected chi connectivity index (χ3v) is 4.21. The first-order chi connectivity index (χ1) is 8.25. The highest BCUT2D eigenvalue weighted by molar-refractivity contribution is 7.90. The lowest BCUT2D eigenvalue weighted by Crippen LogP contribution is -2.42. The van der Waals surface area contributed by atoms with E-state index in [1.165, 1.54) is 38.4 Å². The van der Waals surface area contributed by atoms with Gasteiger partial charge in [-0.1, -0.05) is 11.6 Å². The van der Waals surface area contributed by atoms with Crippen LogP contribution < -0.4 is 4.31 Å². The van der Waals surface area contributed by atoms with Crippen LogP contribution in [0.5, 0.6) is 0 Å². The molecule has 0 aliphatic heterocycles. The van der Waals surface area contributed by atoms with Gasteiger partial charge in [0, 0.05) is 19.1 Å². The van der Waals surface area contributed by atoms with Gasteiger partial charge in [0.1, 0.15) is 6.54 Å². The van der Waals surface area contributed by atoms with Crippen LogP contribution in [0.4, 0.5) is 5.69 Å². The van der Waals surface area contributed by atoms with Gasteiger partial charge in [0.2, 0.25) is 0 Å². The first kappa shape index (κ1) is 14.7. The Morgan fingerprint density at radius 1 is 1.28 bits per heavy atom. The lowest BCUT2D eigenvalue weighted by atomic mass is 10.3. The number of aliphatic carboxylic acids is 1. The summed E-state index contributed by atoms with van der Waals surface area (Å²) >= 11 is 5.70. The van der Waals surface area contributed by atoms with Gasteiger partial charge in [0.05, 0.1) is 5.69 Å². The van der Waals surface area contributed by atoms with Crippen molar-refractivity contribution in [3.05, 3.63) is 29.3 Å². The summed E-state index contributed by atoms with van der Waals surface area (Å²) in [5.41, 5.74) is 0.246. The van der Waals surface area contributed by atoms with E-state index in [-0.39, 0.29) is 5.69 Å². The number of halogens is 1. The van der Waals surface area contributed by atoms with Gasteiger partial charge in [-0.25, -0.2) is 4.31 Å². The standard InChI is InChI=1S/C10H13ClN2O4S/c1-12(2)18(16,17)13(7-10(14)15)9-5-3-8(11)4-6-9/h3-6H,7H2,1-2H3,(H,14,15). The Morgan fingerprint density at radius 2 is 1.78 bits per heavy atom. The van der Waals surface area contributed by atoms with Gasteiger partial charge in [-0.05, 0) is 24.3 Å². The van der Waals surface area contributed by atoms with E-state index < -0.39 is 22.7 Å². The minimum absolute atomic E-state index is 0.246. The monoisotopic (exact) mass is 292 g/mol. The molecule has 1 aromatic rings. The highest BCUT2D eigenvalue weighted by Crippen LogP contribution is 2.21. The second kappa shape index (κ2) is 5.55. The molecule has 0 aliphatic rings. The van der Waals surface area contributed by atoms with Crippen molar-refractivity contribution in [2.45, 2.75) is 0 Å². The molecule has 1 N–H and O–H groups in total. The maximum atomic E-state index is 12.0. The zero-order chi connectivity index (χ0) is 13.9. The van der Waals surface area contributed by atoms with Crippen molar-refractivity contribution in [1.29, 1.82) is 0 Å². The third kappa shape index (κ3) is 3.34. The van der Waals surface area contributed by atoms with E-state index in [0.717, 1.165) is 8.61 Å². The van der Waals surface area contributed by atoms with Crippen LogP contribution in [0, 0.1) is 0 Å². The van der Waals surface area contributed by atoms with Crippen LogP contribution in [-0.2, 0) is 15.0 Å². The zero-order valence-electron chi connectivity index (χ0n) is 9.87. The Bertz CT molecular complexity index is 527. The Morgan fingerprint density at radius 3 is 2.17 bits per heavy atom. The number of anilines is 1. The molecule has 0 amide bonds. The molecule has 0 atom stereocenters. The first-order valence-electron chi connectivity index (χ1n) is 4.92. The van der Waals surface area contributed by atoms with E-state index in [4.69, 9.17) is 16.7 Å². The average Bonchev–Trinajstić information content (AvgIpc) is 2.26. The summed E-state index contributed by atoms with van der Waals surface area (Å²) in [5.74, 6) is -1.24. The number of hydrogen-bond acceptors (Lipinski definition) is 3. The van der Waals surface area contributed by atoms with E-state index in [0.29, 0.717) is 5.02 Å². The molecule has 1 rings (SSSR count). The van der Waals surface area contributed by atoms with E-state index >= 15 is 0 Å². The summed E-state index contributed by atoms with van der Waals surface area (Å²) in [6, 6.07) is 5.90. The average molecular weight is 293 g/mol. The fraction of sp³-hybridized carbons (Fsp3) is 0.300. The quantitative estimate of drug-likeness (QED) is 0.879. The van der Waals surface area contributed by atoms with E-state index in [2.05, 4.69) is 0 Å². The van der Waals surface area contributed by atoms with Crippen molar-refractivity contribution in [1.82, 2.24) is 4.31 Å². The molecular formula is C10H13ClN2O4S. The molecule has 0 aliphatic carbocycles. The van der Waals surface area contributed by atoms with Crippen molar-refractivity contribution >= 4 is 33.5 Å². The van der Waals surface area contributed by atoms with Crippen molar-refractivity contribution < 1.29 is 18.3 Å². The summed E-state index contributed by atoms with van der Waals surface area (Å²) in [6.45, 7) is -0.651. The predicted octanol–water partition coefficient (Wildman–Crippen LogP) is 1.04. The minimum atomic E-state index is -3.86. The predicted molar refractivity (Wildman–Crippen MR) is 69.0 cm³/mol. The minimum Gasteiger partial charge on any atom is -0.480 e. The molecule has 1 aromatic carbocycles. The van der Waals surface area contributed by atoms with Gasteiger partial charge >= 0.3 is 16.2 Å². The summed E-state index contributed by atoms with van der Waals surface area (Å²) in [7, 11) is -1.19. The molecule has 0 saturated carbocycles. The number of hydrogen-bond donors (Lipinski definition) is 1. The summed E-state index contributed by atoms with van der Waals surface area (Å²) in [6.07, 6.45) is 0. The van der Waals surface area contributed by atoms with Gasteiger partial charge in [-0.2, -0.15) is 12.7 Å². The van der Waals surface area contributed by atoms with Gasteiger partial charge in [-0.15, -0.1) is 0 Å². The summed E-state index contributed by atoms with van der Waals surface area (Å²) in [4.78, 5) is 10.8. The zero-order valence-corrected chi connectivity index (χ0v) is 11.4. The first-order valence-corrected chi connectivity index (χ1v) is 6.70. The Labute approximate surface area is 111 Å². The third-order valence-electron chi connectivity index (χ3n) is 2.13. The molecule has 0 saturated heterocycles. The van der Waals surface area contributed by atoms with Crippen LogP contribution in [0.3, 0.4) is 0 Å². The lowest BCUT2D eigenvalue weighted by molar-refractivity contribution is -0.135. The largest absolute Gasteiger partial charge is 0.480 e. The number of rotatable bonds is 5. The molecule has 8 heteroatoms. The van der Waals surface area contributed by atoms with Crippen LogP contribution in [-0.4, -0.2) is 44.4 Å². The van der Waals surface area contributed by atoms with Crippen molar-refractivity contribution in [2.75, 3.05) is 24.9 Å². The van der Waals surface area contributed by atoms with Crippen molar-refractivity contribution in [3.8, 4) is 0 Å². The fourth-order valence-electron chi connectivity index (χ4n) is 1.23. The van der Waals surface area contributed by atoms with E-state index in [9.17, 15) is 13.2 Å². The van der Waals surface area contributed by atoms with Crippen molar-refractivity contribution in [2.24, 2.45) is 0 Å². The van der Waals surface area contributed by atoms with Gasteiger partial charge in [-0.3, -0.25) is 4.79 Å². The smallest absolute Gasteiger partial charge is 0.324 e.